The van der Waals surface area contributed by atoms with Gasteiger partial charge in [0.05, 0.1) is 6.54 Å². The Morgan fingerprint density at radius 1 is 1.19 bits per heavy atom. The number of carbonyl (C=O) groups excluding carboxylic acids is 1. The molecule has 1 aromatic rings. The molecule has 5 nitrogen and oxygen atoms in total. The smallest absolute Gasteiger partial charge is 0.323 e. The lowest BCUT2D eigenvalue weighted by molar-refractivity contribution is -0.135. The summed E-state index contributed by atoms with van der Waals surface area (Å²) in [6.45, 7) is 1.36. The van der Waals surface area contributed by atoms with E-state index >= 15 is 0 Å². The van der Waals surface area contributed by atoms with E-state index in [0.29, 0.717) is 10.7 Å². The van der Waals surface area contributed by atoms with Crippen LogP contribution >= 0.6 is 11.6 Å². The van der Waals surface area contributed by atoms with Gasteiger partial charge in [-0.1, -0.05) is 17.7 Å². The Bertz CT molecular complexity index is 515. The highest BCUT2D eigenvalue weighted by atomic mass is 35.5. The van der Waals surface area contributed by atoms with Gasteiger partial charge in [0.15, 0.2) is 0 Å². The fourth-order valence-corrected chi connectivity index (χ4v) is 2.67. The van der Waals surface area contributed by atoms with Gasteiger partial charge >= 0.3 is 5.97 Å². The zero-order valence-corrected chi connectivity index (χ0v) is 12.6. The van der Waals surface area contributed by atoms with Crippen molar-refractivity contribution in [2.45, 2.75) is 19.3 Å². The highest BCUT2D eigenvalue weighted by molar-refractivity contribution is 6.30. The van der Waals surface area contributed by atoms with Crippen LogP contribution in [0.2, 0.25) is 5.02 Å². The Morgan fingerprint density at radius 3 is 2.52 bits per heavy atom. The van der Waals surface area contributed by atoms with Crippen molar-refractivity contribution in [2.24, 2.45) is 0 Å². The maximum Gasteiger partial charge on any atom is 0.323 e. The van der Waals surface area contributed by atoms with Crippen LogP contribution in [0.1, 0.15) is 19.3 Å². The standard InChI is InChI=1S/C15H19ClN2O3/c16-12-5-4-6-13(9-12)18(11-15(20)21)10-14(19)17-7-2-1-3-8-17/h4-6,9H,1-3,7-8,10-11H2,(H,20,21). The van der Waals surface area contributed by atoms with Crippen molar-refractivity contribution in [3.8, 4) is 0 Å². The molecule has 0 atom stereocenters. The lowest BCUT2D eigenvalue weighted by Crippen LogP contribution is -2.44. The first-order valence-corrected chi connectivity index (χ1v) is 7.44. The summed E-state index contributed by atoms with van der Waals surface area (Å²) in [7, 11) is 0. The van der Waals surface area contributed by atoms with E-state index in [1.807, 2.05) is 4.90 Å². The summed E-state index contributed by atoms with van der Waals surface area (Å²) in [5.41, 5.74) is 0.648. The number of carbonyl (C=O) groups is 2. The zero-order chi connectivity index (χ0) is 15.2. The molecule has 1 N–H and O–H groups in total. The minimum absolute atomic E-state index is 0.0316. The second-order valence-corrected chi connectivity index (χ2v) is 5.61. The molecule has 1 aliphatic heterocycles. The summed E-state index contributed by atoms with van der Waals surface area (Å²) < 4.78 is 0. The lowest BCUT2D eigenvalue weighted by Gasteiger charge is -2.30. The number of aliphatic carboxylic acids is 1. The van der Waals surface area contributed by atoms with E-state index in [1.54, 1.807) is 29.2 Å². The number of halogens is 1. The third-order valence-corrected chi connectivity index (χ3v) is 3.77. The molecule has 114 valence electrons. The van der Waals surface area contributed by atoms with Crippen LogP contribution < -0.4 is 4.90 Å². The van der Waals surface area contributed by atoms with Gasteiger partial charge in [-0.05, 0) is 37.5 Å². The maximum atomic E-state index is 12.3. The van der Waals surface area contributed by atoms with Crippen molar-refractivity contribution in [3.05, 3.63) is 29.3 Å². The van der Waals surface area contributed by atoms with Crippen molar-refractivity contribution in [3.63, 3.8) is 0 Å². The predicted octanol–water partition coefficient (Wildman–Crippen LogP) is 2.24. The minimum Gasteiger partial charge on any atom is -0.480 e. The molecule has 0 radical (unpaired) electrons. The average Bonchev–Trinajstić information content (AvgIpc) is 2.47. The first-order valence-electron chi connectivity index (χ1n) is 7.06. The van der Waals surface area contributed by atoms with Crippen LogP contribution in [0.5, 0.6) is 0 Å². The molecule has 1 heterocycles. The van der Waals surface area contributed by atoms with Crippen molar-refractivity contribution in [2.75, 3.05) is 31.1 Å². The molecule has 0 spiro atoms. The van der Waals surface area contributed by atoms with Gasteiger partial charge in [0.25, 0.3) is 0 Å². The van der Waals surface area contributed by atoms with Gasteiger partial charge < -0.3 is 14.9 Å². The van der Waals surface area contributed by atoms with Gasteiger partial charge in [-0.25, -0.2) is 0 Å². The number of anilines is 1. The minimum atomic E-state index is -0.971. The number of likely N-dealkylation sites (tertiary alicyclic amines) is 1. The van der Waals surface area contributed by atoms with Gasteiger partial charge in [-0.3, -0.25) is 9.59 Å². The van der Waals surface area contributed by atoms with Crippen molar-refractivity contribution < 1.29 is 14.7 Å². The van der Waals surface area contributed by atoms with Gasteiger partial charge in [-0.2, -0.15) is 0 Å². The predicted molar refractivity (Wildman–Crippen MR) is 81.7 cm³/mol. The molecule has 21 heavy (non-hydrogen) atoms. The molecule has 0 saturated carbocycles. The van der Waals surface area contributed by atoms with E-state index in [0.717, 1.165) is 32.4 Å². The first-order chi connectivity index (χ1) is 10.1. The second kappa shape index (κ2) is 7.31. The third kappa shape index (κ3) is 4.63. The Balaban J connectivity index is 2.08. The normalized spacial score (nSPS) is 14.8. The topological polar surface area (TPSA) is 60.9 Å². The molecular formula is C15H19ClN2O3. The van der Waals surface area contributed by atoms with Crippen LogP contribution in [-0.2, 0) is 9.59 Å². The van der Waals surface area contributed by atoms with Crippen LogP contribution in [0.3, 0.4) is 0 Å². The largest absolute Gasteiger partial charge is 0.480 e. The molecule has 6 heteroatoms. The molecule has 0 unspecified atom stereocenters. The summed E-state index contributed by atoms with van der Waals surface area (Å²) in [4.78, 5) is 26.7. The van der Waals surface area contributed by atoms with E-state index in [1.165, 1.54) is 0 Å². The van der Waals surface area contributed by atoms with Crippen LogP contribution in [0, 0.1) is 0 Å². The number of carboxylic acid groups (broad SMARTS) is 1. The molecule has 1 amide bonds. The van der Waals surface area contributed by atoms with Crippen LogP contribution in [0.4, 0.5) is 5.69 Å². The zero-order valence-electron chi connectivity index (χ0n) is 11.8. The Hall–Kier alpha value is -1.75. The first kappa shape index (κ1) is 15.6. The monoisotopic (exact) mass is 310 g/mol. The molecule has 1 aliphatic rings. The van der Waals surface area contributed by atoms with E-state index in [-0.39, 0.29) is 19.0 Å². The lowest BCUT2D eigenvalue weighted by atomic mass is 10.1. The van der Waals surface area contributed by atoms with E-state index in [9.17, 15) is 9.59 Å². The van der Waals surface area contributed by atoms with Crippen molar-refractivity contribution >= 4 is 29.2 Å². The number of benzene rings is 1. The number of carboxylic acids is 1. The Morgan fingerprint density at radius 2 is 1.90 bits per heavy atom. The van der Waals surface area contributed by atoms with Crippen LogP contribution in [-0.4, -0.2) is 48.1 Å². The Labute approximate surface area is 129 Å². The molecule has 1 saturated heterocycles. The summed E-state index contributed by atoms with van der Waals surface area (Å²) in [5, 5.41) is 9.56. The Kier molecular flexibility index (Phi) is 5.44. The molecule has 2 rings (SSSR count). The van der Waals surface area contributed by atoms with Crippen molar-refractivity contribution in [1.82, 2.24) is 4.90 Å². The van der Waals surface area contributed by atoms with E-state index < -0.39 is 5.97 Å². The second-order valence-electron chi connectivity index (χ2n) is 5.17. The molecular weight excluding hydrogens is 292 g/mol. The highest BCUT2D eigenvalue weighted by Crippen LogP contribution is 2.20. The number of piperidine rings is 1. The number of hydrogen-bond donors (Lipinski definition) is 1. The highest BCUT2D eigenvalue weighted by Gasteiger charge is 2.21. The van der Waals surface area contributed by atoms with Gasteiger partial charge in [-0.15, -0.1) is 0 Å². The van der Waals surface area contributed by atoms with Crippen LogP contribution in [0.25, 0.3) is 0 Å². The third-order valence-electron chi connectivity index (χ3n) is 3.53. The summed E-state index contributed by atoms with van der Waals surface area (Å²) in [6.07, 6.45) is 3.18. The number of nitrogens with zero attached hydrogens (tertiary/aromatic N) is 2. The number of hydrogen-bond acceptors (Lipinski definition) is 3. The summed E-state index contributed by atoms with van der Waals surface area (Å²) in [6, 6.07) is 6.90. The van der Waals surface area contributed by atoms with Gasteiger partial charge in [0, 0.05) is 23.8 Å². The van der Waals surface area contributed by atoms with Crippen LogP contribution in [0.15, 0.2) is 24.3 Å². The summed E-state index contributed by atoms with van der Waals surface area (Å²) in [5.74, 6) is -1.00. The van der Waals surface area contributed by atoms with Gasteiger partial charge in [0.2, 0.25) is 5.91 Å². The molecule has 0 aromatic heterocycles. The fraction of sp³-hybridized carbons (Fsp3) is 0.467. The molecule has 1 aromatic carbocycles. The van der Waals surface area contributed by atoms with E-state index in [4.69, 9.17) is 16.7 Å². The van der Waals surface area contributed by atoms with Crippen molar-refractivity contribution in [1.29, 1.82) is 0 Å². The van der Waals surface area contributed by atoms with Gasteiger partial charge in [0.1, 0.15) is 6.54 Å². The van der Waals surface area contributed by atoms with E-state index in [2.05, 4.69) is 0 Å². The quantitative estimate of drug-likeness (QED) is 0.906. The summed E-state index contributed by atoms with van der Waals surface area (Å²) >= 11 is 5.94. The maximum absolute atomic E-state index is 12.3. The SMILES string of the molecule is O=C(O)CN(CC(=O)N1CCCCC1)c1cccc(Cl)c1. The average molecular weight is 311 g/mol. The number of rotatable bonds is 5. The number of amides is 1. The fourth-order valence-electron chi connectivity index (χ4n) is 2.48. The molecule has 0 bridgehead atoms. The molecule has 1 fully saturated rings. The molecule has 0 aliphatic carbocycles.